The number of carbonyl (C=O) groups excluding carboxylic acids is 2. The van der Waals surface area contributed by atoms with E-state index in [0.717, 1.165) is 5.75 Å². The molecule has 27 heavy (non-hydrogen) atoms. The van der Waals surface area contributed by atoms with E-state index in [1.807, 2.05) is 52.0 Å². The van der Waals surface area contributed by atoms with Gasteiger partial charge in [0, 0.05) is 12.0 Å². The minimum Gasteiger partial charge on any atom is -0.494 e. The van der Waals surface area contributed by atoms with Gasteiger partial charge in [-0.1, -0.05) is 29.8 Å². The number of rotatable bonds is 7. The summed E-state index contributed by atoms with van der Waals surface area (Å²) >= 11 is 0. The number of amides is 2. The minimum absolute atomic E-state index is 0.140. The van der Waals surface area contributed by atoms with Crippen LogP contribution >= 0.6 is 0 Å². The number of para-hydroxylation sites is 1. The number of carbonyl (C=O) groups is 2. The first-order valence-corrected chi connectivity index (χ1v) is 9.15. The number of anilines is 1. The van der Waals surface area contributed by atoms with Crippen molar-refractivity contribution in [3.8, 4) is 5.75 Å². The van der Waals surface area contributed by atoms with Gasteiger partial charge in [-0.15, -0.1) is 0 Å². The molecule has 2 aromatic rings. The lowest BCUT2D eigenvalue weighted by atomic mass is 10.1. The summed E-state index contributed by atoms with van der Waals surface area (Å²) in [6, 6.07) is 14.8. The van der Waals surface area contributed by atoms with Gasteiger partial charge in [0.05, 0.1) is 17.9 Å². The van der Waals surface area contributed by atoms with Gasteiger partial charge in [0.2, 0.25) is 5.91 Å². The Balaban J connectivity index is 1.85. The van der Waals surface area contributed by atoms with Gasteiger partial charge < -0.3 is 15.4 Å². The van der Waals surface area contributed by atoms with Gasteiger partial charge in [-0.3, -0.25) is 9.59 Å². The van der Waals surface area contributed by atoms with Gasteiger partial charge in [0.15, 0.2) is 0 Å². The fourth-order valence-corrected chi connectivity index (χ4v) is 2.47. The van der Waals surface area contributed by atoms with Crippen molar-refractivity contribution in [2.24, 2.45) is 0 Å². The molecule has 2 N–H and O–H groups in total. The van der Waals surface area contributed by atoms with Crippen LogP contribution in [0.4, 0.5) is 5.69 Å². The average Bonchev–Trinajstić information content (AvgIpc) is 2.59. The van der Waals surface area contributed by atoms with Crippen LogP contribution in [0.2, 0.25) is 0 Å². The lowest BCUT2D eigenvalue weighted by Gasteiger charge is -2.21. The van der Waals surface area contributed by atoms with Gasteiger partial charge in [-0.25, -0.2) is 0 Å². The standard InChI is InChI=1S/C22H28N2O3/c1-16-11-13-17(14-12-16)27-15-7-10-20(25)23-19-9-6-5-8-18(19)21(26)24-22(2,3)4/h5-6,8-9,11-14H,7,10,15H2,1-4H3,(H,23,25)(H,24,26). The van der Waals surface area contributed by atoms with E-state index < -0.39 is 0 Å². The maximum absolute atomic E-state index is 12.4. The summed E-state index contributed by atoms with van der Waals surface area (Å²) in [5.41, 5.74) is 1.80. The van der Waals surface area contributed by atoms with E-state index in [1.54, 1.807) is 24.3 Å². The van der Waals surface area contributed by atoms with Crippen molar-refractivity contribution in [1.82, 2.24) is 5.32 Å². The third kappa shape index (κ3) is 7.13. The molecule has 0 atom stereocenters. The highest BCUT2D eigenvalue weighted by atomic mass is 16.5. The molecular weight excluding hydrogens is 340 g/mol. The molecular formula is C22H28N2O3. The molecule has 0 aliphatic heterocycles. The zero-order valence-electron chi connectivity index (χ0n) is 16.5. The van der Waals surface area contributed by atoms with E-state index in [1.165, 1.54) is 5.56 Å². The molecule has 0 aliphatic carbocycles. The van der Waals surface area contributed by atoms with E-state index in [4.69, 9.17) is 4.74 Å². The van der Waals surface area contributed by atoms with E-state index in [-0.39, 0.29) is 17.4 Å². The first-order chi connectivity index (χ1) is 12.7. The Morgan fingerprint density at radius 1 is 1.00 bits per heavy atom. The van der Waals surface area contributed by atoms with Gasteiger partial charge in [0.1, 0.15) is 5.75 Å². The summed E-state index contributed by atoms with van der Waals surface area (Å²) < 4.78 is 5.63. The van der Waals surface area contributed by atoms with Crippen molar-refractivity contribution in [3.05, 3.63) is 59.7 Å². The molecule has 5 heteroatoms. The van der Waals surface area contributed by atoms with Crippen molar-refractivity contribution < 1.29 is 14.3 Å². The molecule has 0 saturated carbocycles. The molecule has 2 rings (SSSR count). The molecule has 0 saturated heterocycles. The predicted octanol–water partition coefficient (Wildman–Crippen LogP) is 4.32. The maximum Gasteiger partial charge on any atom is 0.253 e. The maximum atomic E-state index is 12.4. The number of benzene rings is 2. The molecule has 0 bridgehead atoms. The van der Waals surface area contributed by atoms with Crippen LogP contribution in [0.15, 0.2) is 48.5 Å². The van der Waals surface area contributed by atoms with Gasteiger partial charge in [0.25, 0.3) is 5.91 Å². The smallest absolute Gasteiger partial charge is 0.253 e. The molecule has 0 aliphatic rings. The first kappa shape index (κ1) is 20.5. The highest BCUT2D eigenvalue weighted by Gasteiger charge is 2.18. The normalized spacial score (nSPS) is 11.0. The summed E-state index contributed by atoms with van der Waals surface area (Å²) in [5.74, 6) is 0.449. The van der Waals surface area contributed by atoms with Crippen LogP contribution in [0.3, 0.4) is 0 Å². The average molecular weight is 368 g/mol. The highest BCUT2D eigenvalue weighted by molar-refractivity contribution is 6.03. The van der Waals surface area contributed by atoms with Crippen LogP contribution in [-0.2, 0) is 4.79 Å². The number of ether oxygens (including phenoxy) is 1. The fraction of sp³-hybridized carbons (Fsp3) is 0.364. The van der Waals surface area contributed by atoms with Crippen molar-refractivity contribution in [2.75, 3.05) is 11.9 Å². The summed E-state index contributed by atoms with van der Waals surface area (Å²) in [5, 5.41) is 5.74. The van der Waals surface area contributed by atoms with Crippen LogP contribution in [0.25, 0.3) is 0 Å². The quantitative estimate of drug-likeness (QED) is 0.715. The summed E-state index contributed by atoms with van der Waals surface area (Å²) in [4.78, 5) is 24.7. The Labute approximate surface area is 161 Å². The van der Waals surface area contributed by atoms with E-state index in [2.05, 4.69) is 10.6 Å². The fourth-order valence-electron chi connectivity index (χ4n) is 2.47. The molecule has 5 nitrogen and oxygen atoms in total. The van der Waals surface area contributed by atoms with Gasteiger partial charge in [-0.05, 0) is 58.4 Å². The molecule has 0 spiro atoms. The predicted molar refractivity (Wildman–Crippen MR) is 108 cm³/mol. The van der Waals surface area contributed by atoms with Crippen molar-refractivity contribution >= 4 is 17.5 Å². The van der Waals surface area contributed by atoms with Crippen LogP contribution in [-0.4, -0.2) is 24.0 Å². The molecule has 0 aromatic heterocycles. The second kappa shape index (κ2) is 9.21. The Kier molecular flexibility index (Phi) is 6.99. The highest BCUT2D eigenvalue weighted by Crippen LogP contribution is 2.17. The molecule has 0 radical (unpaired) electrons. The van der Waals surface area contributed by atoms with Crippen LogP contribution in [0.1, 0.15) is 49.5 Å². The molecule has 2 aromatic carbocycles. The minimum atomic E-state index is -0.346. The van der Waals surface area contributed by atoms with Crippen LogP contribution < -0.4 is 15.4 Å². The third-order valence-electron chi connectivity index (χ3n) is 3.77. The summed E-state index contributed by atoms with van der Waals surface area (Å²) in [6.45, 7) is 8.23. The molecule has 144 valence electrons. The van der Waals surface area contributed by atoms with E-state index in [9.17, 15) is 9.59 Å². The van der Waals surface area contributed by atoms with Gasteiger partial charge >= 0.3 is 0 Å². The van der Waals surface area contributed by atoms with Gasteiger partial charge in [-0.2, -0.15) is 0 Å². The number of hydrogen-bond donors (Lipinski definition) is 2. The second-order valence-corrected chi connectivity index (χ2v) is 7.56. The van der Waals surface area contributed by atoms with Crippen molar-refractivity contribution in [2.45, 2.75) is 46.1 Å². The summed E-state index contributed by atoms with van der Waals surface area (Å²) in [6.07, 6.45) is 0.914. The number of aryl methyl sites for hydroxylation is 1. The molecule has 2 amide bonds. The Morgan fingerprint density at radius 2 is 1.67 bits per heavy atom. The van der Waals surface area contributed by atoms with E-state index in [0.29, 0.717) is 30.7 Å². The van der Waals surface area contributed by atoms with Crippen molar-refractivity contribution in [1.29, 1.82) is 0 Å². The zero-order chi connectivity index (χ0) is 19.9. The monoisotopic (exact) mass is 368 g/mol. The third-order valence-corrected chi connectivity index (χ3v) is 3.77. The van der Waals surface area contributed by atoms with Crippen molar-refractivity contribution in [3.63, 3.8) is 0 Å². The van der Waals surface area contributed by atoms with Crippen LogP contribution in [0.5, 0.6) is 5.75 Å². The SMILES string of the molecule is Cc1ccc(OCCCC(=O)Nc2ccccc2C(=O)NC(C)(C)C)cc1. The Hall–Kier alpha value is -2.82. The largest absolute Gasteiger partial charge is 0.494 e. The van der Waals surface area contributed by atoms with E-state index >= 15 is 0 Å². The molecule has 0 fully saturated rings. The number of nitrogens with one attached hydrogen (secondary N) is 2. The number of hydrogen-bond acceptors (Lipinski definition) is 3. The molecule has 0 heterocycles. The molecule has 0 unspecified atom stereocenters. The zero-order valence-corrected chi connectivity index (χ0v) is 16.5. The lowest BCUT2D eigenvalue weighted by Crippen LogP contribution is -2.40. The lowest BCUT2D eigenvalue weighted by molar-refractivity contribution is -0.116. The first-order valence-electron chi connectivity index (χ1n) is 9.15. The second-order valence-electron chi connectivity index (χ2n) is 7.56. The summed E-state index contributed by atoms with van der Waals surface area (Å²) in [7, 11) is 0. The Morgan fingerprint density at radius 3 is 2.33 bits per heavy atom. The van der Waals surface area contributed by atoms with Crippen LogP contribution in [0, 0.1) is 6.92 Å². The topological polar surface area (TPSA) is 67.4 Å². The Bertz CT molecular complexity index is 777.